The highest BCUT2D eigenvalue weighted by Crippen LogP contribution is 2.50. The third kappa shape index (κ3) is 4.00. The second-order valence-corrected chi connectivity index (χ2v) is 7.37. The van der Waals surface area contributed by atoms with Crippen molar-refractivity contribution in [3.8, 4) is 0 Å². The summed E-state index contributed by atoms with van der Waals surface area (Å²) in [4.78, 5) is 0. The van der Waals surface area contributed by atoms with Crippen molar-refractivity contribution < 1.29 is 41.3 Å². The Kier molecular flexibility index (Phi) is 5.99. The van der Waals surface area contributed by atoms with Crippen LogP contribution in [0.2, 0.25) is 0 Å². The molecule has 0 amide bonds. The fourth-order valence-electron chi connectivity index (χ4n) is 3.58. The van der Waals surface area contributed by atoms with Gasteiger partial charge in [-0.15, -0.1) is 0 Å². The van der Waals surface area contributed by atoms with E-state index >= 15 is 0 Å². The summed E-state index contributed by atoms with van der Waals surface area (Å²) in [5, 5.41) is 25.8. The van der Waals surface area contributed by atoms with Crippen molar-refractivity contribution in [1.82, 2.24) is 10.6 Å². The van der Waals surface area contributed by atoms with E-state index in [-0.39, 0.29) is 12.8 Å². The summed E-state index contributed by atoms with van der Waals surface area (Å²) in [5.74, 6) is -2.13. The quantitative estimate of drug-likeness (QED) is 0.403. The predicted octanol–water partition coefficient (Wildman–Crippen LogP) is 2.75. The Hall–Kier alpha value is -1.20. The molecule has 3 unspecified atom stereocenters. The van der Waals surface area contributed by atoms with Crippen LogP contribution in [-0.2, 0) is 4.74 Å². The minimum atomic E-state index is -6.02. The lowest BCUT2D eigenvalue weighted by Gasteiger charge is -2.44. The molecule has 0 aromatic carbocycles. The summed E-state index contributed by atoms with van der Waals surface area (Å²) < 4.78 is 85.1. The van der Waals surface area contributed by atoms with Gasteiger partial charge in [-0.25, -0.2) is 0 Å². The van der Waals surface area contributed by atoms with Crippen LogP contribution in [0.25, 0.3) is 0 Å². The molecule has 1 heterocycles. The van der Waals surface area contributed by atoms with Crippen LogP contribution >= 0.6 is 0 Å². The highest BCUT2D eigenvalue weighted by molar-refractivity contribution is 5.06. The molecule has 1 saturated carbocycles. The first-order valence-corrected chi connectivity index (χ1v) is 8.64. The molecule has 0 saturated heterocycles. The van der Waals surface area contributed by atoms with E-state index in [4.69, 9.17) is 4.74 Å². The van der Waals surface area contributed by atoms with E-state index in [0.717, 1.165) is 0 Å². The van der Waals surface area contributed by atoms with Crippen LogP contribution in [-0.4, -0.2) is 46.2 Å². The monoisotopic (exact) mass is 406 g/mol. The Balaban J connectivity index is 2.34. The van der Waals surface area contributed by atoms with E-state index in [2.05, 4.69) is 10.6 Å². The maximum Gasteiger partial charge on any atom is 0.428 e. The number of aliphatic hydroxyl groups excluding tert-OH is 1. The predicted molar refractivity (Wildman–Crippen MR) is 82.9 cm³/mol. The van der Waals surface area contributed by atoms with Crippen molar-refractivity contribution in [1.29, 1.82) is 0 Å². The lowest BCUT2D eigenvalue weighted by molar-refractivity contribution is -0.409. The van der Waals surface area contributed by atoms with Gasteiger partial charge in [0.2, 0.25) is 0 Å². The van der Waals surface area contributed by atoms with Crippen molar-refractivity contribution in [2.75, 3.05) is 0 Å². The van der Waals surface area contributed by atoms with E-state index in [1.807, 2.05) is 0 Å². The SMILES string of the molecule is CC(C(O)OC(C1CCCC1)C(O)(C(F)(F)F)C(F)(F)F)C1(C)NC=CN1. The molecule has 3 atom stereocenters. The van der Waals surface area contributed by atoms with Gasteiger partial charge < -0.3 is 25.6 Å². The van der Waals surface area contributed by atoms with Gasteiger partial charge >= 0.3 is 12.4 Å². The van der Waals surface area contributed by atoms with Crippen molar-refractivity contribution in [2.24, 2.45) is 11.8 Å². The zero-order valence-corrected chi connectivity index (χ0v) is 14.9. The number of nitrogens with one attached hydrogen (secondary N) is 2. The normalized spacial score (nSPS) is 24.4. The van der Waals surface area contributed by atoms with Gasteiger partial charge in [0.1, 0.15) is 11.8 Å². The Morgan fingerprint density at radius 2 is 1.48 bits per heavy atom. The van der Waals surface area contributed by atoms with Gasteiger partial charge in [-0.05, 0) is 25.7 Å². The number of alkyl halides is 6. The molecule has 1 aliphatic carbocycles. The van der Waals surface area contributed by atoms with Gasteiger partial charge in [-0.3, -0.25) is 0 Å². The summed E-state index contributed by atoms with van der Waals surface area (Å²) in [6.45, 7) is 2.97. The van der Waals surface area contributed by atoms with Crippen LogP contribution in [0.5, 0.6) is 0 Å². The van der Waals surface area contributed by atoms with Crippen LogP contribution in [0.1, 0.15) is 39.5 Å². The van der Waals surface area contributed by atoms with Gasteiger partial charge in [0.05, 0.1) is 0 Å². The average molecular weight is 406 g/mol. The number of halogens is 6. The second-order valence-electron chi connectivity index (χ2n) is 7.37. The van der Waals surface area contributed by atoms with Gasteiger partial charge in [-0.1, -0.05) is 19.8 Å². The van der Waals surface area contributed by atoms with Crippen molar-refractivity contribution >= 4 is 0 Å². The Morgan fingerprint density at radius 1 is 1.04 bits per heavy atom. The lowest BCUT2D eigenvalue weighted by Crippen LogP contribution is -2.67. The van der Waals surface area contributed by atoms with Gasteiger partial charge in [0.25, 0.3) is 5.60 Å². The van der Waals surface area contributed by atoms with Crippen molar-refractivity contribution in [3.05, 3.63) is 12.4 Å². The highest BCUT2D eigenvalue weighted by atomic mass is 19.4. The molecule has 2 rings (SSSR count). The van der Waals surface area contributed by atoms with Crippen molar-refractivity contribution in [3.63, 3.8) is 0 Å². The lowest BCUT2D eigenvalue weighted by atomic mass is 9.84. The summed E-state index contributed by atoms with van der Waals surface area (Å²) in [6, 6.07) is 0. The second kappa shape index (κ2) is 7.32. The maximum absolute atomic E-state index is 13.4. The first-order valence-electron chi connectivity index (χ1n) is 8.64. The first kappa shape index (κ1) is 22.1. The molecule has 11 heteroatoms. The molecule has 0 aromatic rings. The van der Waals surface area contributed by atoms with E-state index in [0.29, 0.717) is 12.8 Å². The van der Waals surface area contributed by atoms with E-state index in [1.165, 1.54) is 19.3 Å². The molecule has 1 fully saturated rings. The molecule has 2 aliphatic rings. The van der Waals surface area contributed by atoms with Gasteiger partial charge in [-0.2, -0.15) is 26.3 Å². The Bertz CT molecular complexity index is 523. The van der Waals surface area contributed by atoms with Crippen molar-refractivity contribution in [2.45, 2.75) is 75.5 Å². The molecule has 0 bridgehead atoms. The van der Waals surface area contributed by atoms with Gasteiger partial charge in [0.15, 0.2) is 6.29 Å². The van der Waals surface area contributed by atoms with E-state index in [1.54, 1.807) is 6.92 Å². The Morgan fingerprint density at radius 3 is 1.89 bits per heavy atom. The third-order valence-electron chi connectivity index (χ3n) is 5.58. The molecular formula is C16H24F6N2O3. The molecule has 0 spiro atoms. The van der Waals surface area contributed by atoms with Crippen LogP contribution in [0.3, 0.4) is 0 Å². The highest BCUT2D eigenvalue weighted by Gasteiger charge is 2.76. The van der Waals surface area contributed by atoms with E-state index in [9.17, 15) is 36.6 Å². The number of hydrogen-bond donors (Lipinski definition) is 4. The standard InChI is InChI=1S/C16H24F6N2O3/c1-9(13(2)23-7-8-24-13)12(25)27-11(10-5-3-4-6-10)14(26,15(17,18)19)16(20,21)22/h7-12,23-26H,3-6H2,1-2H3. The zero-order chi connectivity index (χ0) is 20.7. The molecular weight excluding hydrogens is 382 g/mol. The molecule has 0 aromatic heterocycles. The van der Waals surface area contributed by atoms with Crippen LogP contribution in [0.15, 0.2) is 12.4 Å². The third-order valence-corrected chi connectivity index (χ3v) is 5.58. The molecule has 1 aliphatic heterocycles. The number of rotatable bonds is 6. The maximum atomic E-state index is 13.4. The van der Waals surface area contributed by atoms with Crippen LogP contribution in [0, 0.1) is 11.8 Å². The fraction of sp³-hybridized carbons (Fsp3) is 0.875. The summed E-state index contributed by atoms with van der Waals surface area (Å²) in [5.41, 5.74) is -6.11. The van der Waals surface area contributed by atoms with Crippen LogP contribution < -0.4 is 10.6 Å². The Labute approximate surface area is 152 Å². The molecule has 158 valence electrons. The number of hydrogen-bond acceptors (Lipinski definition) is 5. The van der Waals surface area contributed by atoms with Crippen LogP contribution in [0.4, 0.5) is 26.3 Å². The topological polar surface area (TPSA) is 73.8 Å². The zero-order valence-electron chi connectivity index (χ0n) is 14.9. The number of aliphatic hydroxyl groups is 2. The summed E-state index contributed by atoms with van der Waals surface area (Å²) in [7, 11) is 0. The van der Waals surface area contributed by atoms with Gasteiger partial charge in [0, 0.05) is 18.3 Å². The number of ether oxygens (including phenoxy) is 1. The largest absolute Gasteiger partial charge is 0.428 e. The molecule has 27 heavy (non-hydrogen) atoms. The first-order chi connectivity index (χ1) is 12.2. The fourth-order valence-corrected chi connectivity index (χ4v) is 3.58. The summed E-state index contributed by atoms with van der Waals surface area (Å²) in [6.07, 6.45) is -12.8. The molecule has 0 radical (unpaired) electrons. The minimum Gasteiger partial charge on any atom is -0.372 e. The molecule has 4 N–H and O–H groups in total. The van der Waals surface area contributed by atoms with E-state index < -0.39 is 47.8 Å². The average Bonchev–Trinajstić information content (AvgIpc) is 3.20. The molecule has 5 nitrogen and oxygen atoms in total. The summed E-state index contributed by atoms with van der Waals surface area (Å²) >= 11 is 0. The minimum absolute atomic E-state index is 0.0373. The smallest absolute Gasteiger partial charge is 0.372 e.